The van der Waals surface area contributed by atoms with E-state index < -0.39 is 0 Å². The molecule has 0 amide bonds. The van der Waals surface area contributed by atoms with Crippen molar-refractivity contribution < 1.29 is 0 Å². The van der Waals surface area contributed by atoms with Crippen LogP contribution in [0.4, 0.5) is 5.69 Å². The van der Waals surface area contributed by atoms with E-state index in [0.29, 0.717) is 17.6 Å². The van der Waals surface area contributed by atoms with Crippen LogP contribution in [0.3, 0.4) is 0 Å². The molecule has 16 heavy (non-hydrogen) atoms. The molecule has 2 fully saturated rings. The van der Waals surface area contributed by atoms with E-state index in [9.17, 15) is 4.79 Å². The molecule has 0 unspecified atom stereocenters. The molecule has 0 aliphatic heterocycles. The maximum absolute atomic E-state index is 12.0. The summed E-state index contributed by atoms with van der Waals surface area (Å²) in [5.41, 5.74) is 7.36. The molecule has 4 nitrogen and oxygen atoms in total. The molecule has 0 radical (unpaired) electrons. The van der Waals surface area contributed by atoms with Crippen molar-refractivity contribution in [2.24, 2.45) is 0 Å². The van der Waals surface area contributed by atoms with Crippen molar-refractivity contribution in [3.8, 4) is 0 Å². The SMILES string of the molecule is Nc1c(C2CC2)[nH]n(C2CCCCC2)c1=O. The summed E-state index contributed by atoms with van der Waals surface area (Å²) in [5, 5.41) is 3.26. The quantitative estimate of drug-likeness (QED) is 0.803. The van der Waals surface area contributed by atoms with Gasteiger partial charge in [-0.3, -0.25) is 9.89 Å². The lowest BCUT2D eigenvalue weighted by Gasteiger charge is -2.21. The molecular weight excluding hydrogens is 202 g/mol. The number of aromatic amines is 1. The number of H-pyrrole nitrogens is 1. The van der Waals surface area contributed by atoms with Crippen molar-refractivity contribution in [1.29, 1.82) is 0 Å². The zero-order valence-corrected chi connectivity index (χ0v) is 9.54. The summed E-state index contributed by atoms with van der Waals surface area (Å²) in [4.78, 5) is 12.0. The van der Waals surface area contributed by atoms with Gasteiger partial charge in [-0.05, 0) is 25.7 Å². The van der Waals surface area contributed by atoms with Gasteiger partial charge in [-0.25, -0.2) is 4.68 Å². The van der Waals surface area contributed by atoms with Gasteiger partial charge in [0.15, 0.2) is 0 Å². The lowest BCUT2D eigenvalue weighted by atomic mass is 9.96. The topological polar surface area (TPSA) is 63.8 Å². The molecule has 2 aliphatic carbocycles. The van der Waals surface area contributed by atoms with E-state index >= 15 is 0 Å². The fourth-order valence-corrected chi connectivity index (χ4v) is 2.77. The summed E-state index contributed by atoms with van der Waals surface area (Å²) >= 11 is 0. The molecule has 3 rings (SSSR count). The number of nitrogens with two attached hydrogens (primary N) is 1. The van der Waals surface area contributed by atoms with E-state index in [2.05, 4.69) is 5.10 Å². The van der Waals surface area contributed by atoms with Gasteiger partial charge in [0.2, 0.25) is 0 Å². The Hall–Kier alpha value is -1.19. The van der Waals surface area contributed by atoms with Gasteiger partial charge < -0.3 is 5.73 Å². The standard InChI is InChI=1S/C12H19N3O/c13-10-11(8-6-7-8)14-15(12(10)16)9-4-2-1-3-5-9/h8-9,14H,1-7,13H2. The number of hydrogen-bond donors (Lipinski definition) is 2. The second kappa shape index (κ2) is 3.68. The fourth-order valence-electron chi connectivity index (χ4n) is 2.77. The summed E-state index contributed by atoms with van der Waals surface area (Å²) in [6.07, 6.45) is 8.35. The number of aromatic nitrogens is 2. The Morgan fingerprint density at radius 3 is 2.44 bits per heavy atom. The predicted octanol–water partition coefficient (Wildman–Crippen LogP) is 2.14. The number of hydrogen-bond acceptors (Lipinski definition) is 2. The molecule has 1 aromatic heterocycles. The van der Waals surface area contributed by atoms with Crippen LogP contribution in [0.25, 0.3) is 0 Å². The van der Waals surface area contributed by atoms with E-state index in [1.807, 2.05) is 0 Å². The Morgan fingerprint density at radius 2 is 1.81 bits per heavy atom. The summed E-state index contributed by atoms with van der Waals surface area (Å²) in [7, 11) is 0. The number of anilines is 1. The minimum absolute atomic E-state index is 0.00815. The van der Waals surface area contributed by atoms with Gasteiger partial charge in [0.1, 0.15) is 5.69 Å². The van der Waals surface area contributed by atoms with Crippen LogP contribution in [0.2, 0.25) is 0 Å². The van der Waals surface area contributed by atoms with Gasteiger partial charge in [0, 0.05) is 5.92 Å². The Labute approximate surface area is 94.8 Å². The molecule has 0 spiro atoms. The van der Waals surface area contributed by atoms with Gasteiger partial charge in [0.05, 0.1) is 11.7 Å². The van der Waals surface area contributed by atoms with Gasteiger partial charge in [0.25, 0.3) is 5.56 Å². The highest BCUT2D eigenvalue weighted by atomic mass is 16.1. The highest BCUT2D eigenvalue weighted by Gasteiger charge is 2.30. The highest BCUT2D eigenvalue weighted by Crippen LogP contribution is 2.41. The largest absolute Gasteiger partial charge is 0.393 e. The van der Waals surface area contributed by atoms with E-state index in [-0.39, 0.29) is 5.56 Å². The van der Waals surface area contributed by atoms with Gasteiger partial charge in [-0.15, -0.1) is 0 Å². The molecule has 1 heterocycles. The molecule has 88 valence electrons. The minimum Gasteiger partial charge on any atom is -0.393 e. The maximum atomic E-state index is 12.0. The Balaban J connectivity index is 1.93. The number of nitrogen functional groups attached to an aromatic ring is 1. The first kappa shape index (κ1) is 10.00. The van der Waals surface area contributed by atoms with Crippen LogP contribution in [-0.4, -0.2) is 9.78 Å². The monoisotopic (exact) mass is 221 g/mol. The molecule has 0 aromatic carbocycles. The first-order chi connectivity index (χ1) is 7.77. The second-order valence-corrected chi connectivity index (χ2v) is 5.18. The average molecular weight is 221 g/mol. The van der Waals surface area contributed by atoms with E-state index in [4.69, 9.17) is 5.73 Å². The second-order valence-electron chi connectivity index (χ2n) is 5.18. The van der Waals surface area contributed by atoms with Crippen molar-refractivity contribution in [2.75, 3.05) is 5.73 Å². The Bertz CT molecular complexity index is 436. The summed E-state index contributed by atoms with van der Waals surface area (Å²) in [5.74, 6) is 0.526. The molecule has 4 heteroatoms. The van der Waals surface area contributed by atoms with Crippen LogP contribution in [0.1, 0.15) is 62.6 Å². The van der Waals surface area contributed by atoms with Crippen LogP contribution >= 0.6 is 0 Å². The molecule has 3 N–H and O–H groups in total. The number of nitrogens with zero attached hydrogens (tertiary/aromatic N) is 1. The molecule has 2 aliphatic rings. The Morgan fingerprint density at radius 1 is 1.12 bits per heavy atom. The van der Waals surface area contributed by atoms with E-state index in [1.165, 1.54) is 32.1 Å². The third-order valence-electron chi connectivity index (χ3n) is 3.91. The molecule has 1 aromatic rings. The molecule has 0 saturated heterocycles. The summed E-state index contributed by atoms with van der Waals surface area (Å²) in [6.45, 7) is 0. The third-order valence-corrected chi connectivity index (χ3v) is 3.91. The maximum Gasteiger partial charge on any atom is 0.290 e. The van der Waals surface area contributed by atoms with Crippen LogP contribution in [0.5, 0.6) is 0 Å². The lowest BCUT2D eigenvalue weighted by Crippen LogP contribution is -2.25. The molecule has 0 bridgehead atoms. The fraction of sp³-hybridized carbons (Fsp3) is 0.750. The average Bonchev–Trinajstić information content (AvgIpc) is 3.10. The van der Waals surface area contributed by atoms with Crippen molar-refractivity contribution in [1.82, 2.24) is 9.78 Å². The van der Waals surface area contributed by atoms with Crippen molar-refractivity contribution in [2.45, 2.75) is 56.9 Å². The smallest absolute Gasteiger partial charge is 0.290 e. The van der Waals surface area contributed by atoms with Crippen LogP contribution in [0.15, 0.2) is 4.79 Å². The normalized spacial score (nSPS) is 22.5. The molecule has 0 atom stereocenters. The molecular formula is C12H19N3O. The van der Waals surface area contributed by atoms with Gasteiger partial charge in [-0.1, -0.05) is 19.3 Å². The zero-order chi connectivity index (χ0) is 11.1. The molecule has 2 saturated carbocycles. The van der Waals surface area contributed by atoms with Crippen LogP contribution in [-0.2, 0) is 0 Å². The zero-order valence-electron chi connectivity index (χ0n) is 9.54. The highest BCUT2D eigenvalue weighted by molar-refractivity contribution is 5.44. The van der Waals surface area contributed by atoms with Crippen molar-refractivity contribution in [3.05, 3.63) is 16.0 Å². The van der Waals surface area contributed by atoms with Gasteiger partial charge >= 0.3 is 0 Å². The predicted molar refractivity (Wildman–Crippen MR) is 63.6 cm³/mol. The Kier molecular flexibility index (Phi) is 2.30. The van der Waals surface area contributed by atoms with E-state index in [1.54, 1.807) is 4.68 Å². The van der Waals surface area contributed by atoms with Crippen LogP contribution in [0, 0.1) is 0 Å². The van der Waals surface area contributed by atoms with E-state index in [0.717, 1.165) is 18.5 Å². The van der Waals surface area contributed by atoms with Crippen molar-refractivity contribution in [3.63, 3.8) is 0 Å². The van der Waals surface area contributed by atoms with Crippen molar-refractivity contribution >= 4 is 5.69 Å². The number of nitrogens with one attached hydrogen (secondary N) is 1. The third kappa shape index (κ3) is 1.56. The first-order valence-corrected chi connectivity index (χ1v) is 6.37. The minimum atomic E-state index is 0.00815. The van der Waals surface area contributed by atoms with Crippen LogP contribution < -0.4 is 11.3 Å². The first-order valence-electron chi connectivity index (χ1n) is 6.37. The lowest BCUT2D eigenvalue weighted by molar-refractivity contribution is 0.322. The summed E-state index contributed by atoms with van der Waals surface area (Å²) in [6, 6.07) is 0.357. The van der Waals surface area contributed by atoms with Gasteiger partial charge in [-0.2, -0.15) is 0 Å². The summed E-state index contributed by atoms with van der Waals surface area (Å²) < 4.78 is 1.79. The number of rotatable bonds is 2.